The molecule has 0 unspecified atom stereocenters. The van der Waals surface area contributed by atoms with Crippen molar-refractivity contribution in [2.24, 2.45) is 0 Å². The smallest absolute Gasteiger partial charge is 0.0788 e. The predicted octanol–water partition coefficient (Wildman–Crippen LogP) is 19.0. The molecule has 0 spiro atoms. The van der Waals surface area contributed by atoms with Crippen molar-refractivity contribution >= 4 is 64.8 Å². The molecule has 0 amide bonds. The zero-order valence-corrected chi connectivity index (χ0v) is 39.9. The number of pyridine rings is 1. The van der Waals surface area contributed by atoms with Crippen LogP contribution in [0.3, 0.4) is 0 Å². The van der Waals surface area contributed by atoms with Crippen LogP contribution in [-0.4, -0.2) is 4.98 Å². The third kappa shape index (κ3) is 6.25. The number of benzene rings is 13. The Labute approximate surface area is 423 Å². The molecule has 1 aliphatic carbocycles. The van der Waals surface area contributed by atoms with E-state index in [1.807, 2.05) is 0 Å². The van der Waals surface area contributed by atoms with Crippen molar-refractivity contribution in [2.45, 2.75) is 5.41 Å². The van der Waals surface area contributed by atoms with Crippen molar-refractivity contribution in [1.82, 2.24) is 4.98 Å². The summed E-state index contributed by atoms with van der Waals surface area (Å²) in [5.74, 6) is 0. The van der Waals surface area contributed by atoms with E-state index in [1.165, 1.54) is 110 Å². The standard InChI is InChI=1S/C72H45N/c1-3-21-55(22-4-1)72(56-23-5-2-6-24-56)64-29-15-13-27-60(64)70-65(72)42-41-62-69(70)61-28-14-16-30-66(61)73-71(62)49-35-31-48(32-36-49)52-39-40-59-63(45-52)68(54-38-34-47-18-8-10-20-51(47)44-54)58-26-12-11-25-57(58)67(59)53-37-33-46-17-7-9-19-50(46)43-53/h1-45H. The van der Waals surface area contributed by atoms with Gasteiger partial charge in [-0.15, -0.1) is 0 Å². The Morgan fingerprint density at radius 2 is 0.740 bits per heavy atom. The molecule has 0 N–H and O–H groups in total. The van der Waals surface area contributed by atoms with Crippen LogP contribution >= 0.6 is 0 Å². The molecule has 15 rings (SSSR count). The molecule has 0 aliphatic heterocycles. The van der Waals surface area contributed by atoms with Gasteiger partial charge in [-0.3, -0.25) is 0 Å². The van der Waals surface area contributed by atoms with Gasteiger partial charge in [-0.25, -0.2) is 4.98 Å². The molecule has 0 saturated heterocycles. The topological polar surface area (TPSA) is 12.9 Å². The minimum Gasteiger partial charge on any atom is -0.247 e. The molecular formula is C72H45N. The lowest BCUT2D eigenvalue weighted by Gasteiger charge is -2.34. The Balaban J connectivity index is 0.929. The van der Waals surface area contributed by atoms with Gasteiger partial charge in [-0.05, 0) is 134 Å². The third-order valence-corrected chi connectivity index (χ3v) is 15.9. The van der Waals surface area contributed by atoms with E-state index in [0.717, 1.165) is 33.1 Å². The summed E-state index contributed by atoms with van der Waals surface area (Å²) in [6.45, 7) is 0. The molecule has 1 aliphatic rings. The number of hydrogen-bond acceptors (Lipinski definition) is 1. The molecule has 0 bridgehead atoms. The molecule has 338 valence electrons. The van der Waals surface area contributed by atoms with Crippen molar-refractivity contribution in [3.63, 3.8) is 0 Å². The molecule has 0 fully saturated rings. The number of nitrogens with zero attached hydrogens (tertiary/aromatic N) is 1. The summed E-state index contributed by atoms with van der Waals surface area (Å²) < 4.78 is 0. The summed E-state index contributed by atoms with van der Waals surface area (Å²) in [7, 11) is 0. The monoisotopic (exact) mass is 923 g/mol. The van der Waals surface area contributed by atoms with Gasteiger partial charge in [0, 0.05) is 21.7 Å². The second-order valence-corrected chi connectivity index (χ2v) is 19.7. The second kappa shape index (κ2) is 16.3. The van der Waals surface area contributed by atoms with Gasteiger partial charge in [0.2, 0.25) is 0 Å². The van der Waals surface area contributed by atoms with Crippen LogP contribution in [0.15, 0.2) is 273 Å². The Morgan fingerprint density at radius 3 is 1.40 bits per heavy atom. The van der Waals surface area contributed by atoms with Gasteiger partial charge in [-0.2, -0.15) is 0 Å². The maximum Gasteiger partial charge on any atom is 0.0788 e. The van der Waals surface area contributed by atoms with E-state index in [-0.39, 0.29) is 0 Å². The lowest BCUT2D eigenvalue weighted by Crippen LogP contribution is -2.28. The van der Waals surface area contributed by atoms with Crippen LogP contribution in [0.2, 0.25) is 0 Å². The molecule has 0 radical (unpaired) electrons. The number of rotatable bonds is 6. The van der Waals surface area contributed by atoms with Crippen LogP contribution in [0.1, 0.15) is 22.3 Å². The number of fused-ring (bicyclic) bond motifs is 11. The molecule has 14 aromatic rings. The molecule has 1 aromatic heterocycles. The van der Waals surface area contributed by atoms with E-state index in [0.29, 0.717) is 0 Å². The van der Waals surface area contributed by atoms with Crippen molar-refractivity contribution < 1.29 is 0 Å². The number of aromatic nitrogens is 1. The van der Waals surface area contributed by atoms with Gasteiger partial charge in [0.15, 0.2) is 0 Å². The fourth-order valence-electron chi connectivity index (χ4n) is 12.7. The van der Waals surface area contributed by atoms with E-state index in [4.69, 9.17) is 4.98 Å². The minimum atomic E-state index is -0.495. The van der Waals surface area contributed by atoms with Gasteiger partial charge in [-0.1, -0.05) is 249 Å². The molecule has 1 heterocycles. The van der Waals surface area contributed by atoms with Crippen molar-refractivity contribution in [3.05, 3.63) is 295 Å². The summed E-state index contributed by atoms with van der Waals surface area (Å²) >= 11 is 0. The molecule has 0 saturated carbocycles. The van der Waals surface area contributed by atoms with E-state index >= 15 is 0 Å². The first-order valence-corrected chi connectivity index (χ1v) is 25.4. The van der Waals surface area contributed by atoms with Gasteiger partial charge in [0.1, 0.15) is 0 Å². The van der Waals surface area contributed by atoms with Crippen LogP contribution in [0.4, 0.5) is 0 Å². The summed E-state index contributed by atoms with van der Waals surface area (Å²) in [5, 5.41) is 13.5. The van der Waals surface area contributed by atoms with Crippen molar-refractivity contribution in [2.75, 3.05) is 0 Å². The quantitative estimate of drug-likeness (QED) is 0.120. The fourth-order valence-corrected chi connectivity index (χ4v) is 12.7. The Hall–Kier alpha value is -9.43. The zero-order valence-electron chi connectivity index (χ0n) is 39.9. The highest BCUT2D eigenvalue weighted by Gasteiger charge is 2.46. The summed E-state index contributed by atoms with van der Waals surface area (Å²) in [4.78, 5) is 5.50. The second-order valence-electron chi connectivity index (χ2n) is 19.7. The first-order chi connectivity index (χ1) is 36.2. The van der Waals surface area contributed by atoms with Crippen molar-refractivity contribution in [3.8, 4) is 55.8 Å². The van der Waals surface area contributed by atoms with Gasteiger partial charge >= 0.3 is 0 Å². The van der Waals surface area contributed by atoms with E-state index in [1.54, 1.807) is 0 Å². The molecule has 73 heavy (non-hydrogen) atoms. The molecule has 13 aromatic carbocycles. The maximum absolute atomic E-state index is 5.50. The highest BCUT2D eigenvalue weighted by atomic mass is 14.7. The van der Waals surface area contributed by atoms with Crippen LogP contribution in [0.25, 0.3) is 121 Å². The lowest BCUT2D eigenvalue weighted by molar-refractivity contribution is 0.769. The molecular weight excluding hydrogens is 879 g/mol. The summed E-state index contributed by atoms with van der Waals surface area (Å²) in [6, 6.07) is 101. The molecule has 1 heteroatoms. The fraction of sp³-hybridized carbons (Fsp3) is 0.0139. The average Bonchev–Trinajstić information content (AvgIpc) is 3.77. The first kappa shape index (κ1) is 41.4. The van der Waals surface area contributed by atoms with Crippen LogP contribution in [-0.2, 0) is 5.41 Å². The van der Waals surface area contributed by atoms with E-state index < -0.39 is 5.41 Å². The third-order valence-electron chi connectivity index (χ3n) is 15.9. The first-order valence-electron chi connectivity index (χ1n) is 25.4. The zero-order chi connectivity index (χ0) is 48.0. The highest BCUT2D eigenvalue weighted by Crippen LogP contribution is 2.59. The Morgan fingerprint density at radius 1 is 0.260 bits per heavy atom. The number of hydrogen-bond donors (Lipinski definition) is 0. The Kier molecular flexibility index (Phi) is 9.24. The van der Waals surface area contributed by atoms with E-state index in [2.05, 4.69) is 273 Å². The number of para-hydroxylation sites is 1. The summed E-state index contributed by atoms with van der Waals surface area (Å²) in [5.41, 5.74) is 17.5. The SMILES string of the molecule is c1ccc(C2(c3ccccc3)c3ccccc3-c3c2ccc2c(-c4ccc(-c5ccc6c(-c7ccc8ccccc8c7)c7ccccc7c(-c7ccc8ccccc8c7)c6c5)cc4)nc4ccccc4c32)cc1. The van der Waals surface area contributed by atoms with Crippen LogP contribution < -0.4 is 0 Å². The lowest BCUT2D eigenvalue weighted by atomic mass is 9.67. The van der Waals surface area contributed by atoms with Gasteiger partial charge in [0.05, 0.1) is 16.6 Å². The largest absolute Gasteiger partial charge is 0.247 e. The minimum absolute atomic E-state index is 0.495. The predicted molar refractivity (Wildman–Crippen MR) is 308 cm³/mol. The van der Waals surface area contributed by atoms with E-state index in [9.17, 15) is 0 Å². The van der Waals surface area contributed by atoms with Gasteiger partial charge < -0.3 is 0 Å². The van der Waals surface area contributed by atoms with Crippen LogP contribution in [0, 0.1) is 0 Å². The highest BCUT2D eigenvalue weighted by molar-refractivity contribution is 6.23. The van der Waals surface area contributed by atoms with Gasteiger partial charge in [0.25, 0.3) is 0 Å². The maximum atomic E-state index is 5.50. The average molecular weight is 924 g/mol. The van der Waals surface area contributed by atoms with Crippen molar-refractivity contribution in [1.29, 1.82) is 0 Å². The Bertz CT molecular complexity index is 4490. The van der Waals surface area contributed by atoms with Crippen LogP contribution in [0.5, 0.6) is 0 Å². The molecule has 1 nitrogen and oxygen atoms in total. The normalized spacial score (nSPS) is 12.8. The molecule has 0 atom stereocenters. The summed E-state index contributed by atoms with van der Waals surface area (Å²) in [6.07, 6.45) is 0.